The molecule has 0 saturated carbocycles. The Balaban J connectivity index is 2.14. The van der Waals surface area contributed by atoms with Gasteiger partial charge in [-0.15, -0.1) is 0 Å². The van der Waals surface area contributed by atoms with Gasteiger partial charge in [-0.05, 0) is 24.5 Å². The average Bonchev–Trinajstić information content (AvgIpc) is 3.08. The SMILES string of the molecule is Cc1ncccc1Cn1c(CCOC(N)=O)nc(C(C)C)c1S(=O)(=O)Oc1cc(F)cc(F)c1. The number of pyridine rings is 1. The lowest BCUT2D eigenvalue weighted by atomic mass is 10.1. The van der Waals surface area contributed by atoms with Crippen LogP contribution in [0.3, 0.4) is 0 Å². The van der Waals surface area contributed by atoms with Gasteiger partial charge in [0.15, 0.2) is 5.03 Å². The molecule has 0 unspecified atom stereocenters. The van der Waals surface area contributed by atoms with Crippen molar-refractivity contribution in [3.8, 4) is 5.75 Å². The highest BCUT2D eigenvalue weighted by atomic mass is 32.2. The number of hydrogen-bond donors (Lipinski definition) is 1. The molecule has 2 heterocycles. The summed E-state index contributed by atoms with van der Waals surface area (Å²) in [6.45, 7) is 5.18. The number of aryl methyl sites for hydroxylation is 1. The Morgan fingerprint density at radius 3 is 2.47 bits per heavy atom. The molecule has 0 atom stereocenters. The first-order valence-corrected chi connectivity index (χ1v) is 11.7. The molecule has 0 spiro atoms. The van der Waals surface area contributed by atoms with E-state index in [1.165, 1.54) is 4.57 Å². The average molecular weight is 495 g/mol. The highest BCUT2D eigenvalue weighted by Gasteiger charge is 2.32. The number of halogens is 2. The van der Waals surface area contributed by atoms with Gasteiger partial charge in [-0.1, -0.05) is 19.9 Å². The van der Waals surface area contributed by atoms with Crippen LogP contribution in [0.2, 0.25) is 0 Å². The fourth-order valence-electron chi connectivity index (χ4n) is 3.34. The molecule has 12 heteroatoms. The lowest BCUT2D eigenvalue weighted by molar-refractivity contribution is 0.157. The van der Waals surface area contributed by atoms with E-state index in [0.29, 0.717) is 23.1 Å². The molecule has 34 heavy (non-hydrogen) atoms. The minimum Gasteiger partial charge on any atom is -0.449 e. The Morgan fingerprint density at radius 2 is 1.88 bits per heavy atom. The molecule has 0 aliphatic rings. The number of primary amides is 1. The fraction of sp³-hybridized carbons (Fsp3) is 0.318. The van der Waals surface area contributed by atoms with Gasteiger partial charge in [0.25, 0.3) is 0 Å². The van der Waals surface area contributed by atoms with Crippen molar-refractivity contribution in [2.24, 2.45) is 5.73 Å². The van der Waals surface area contributed by atoms with E-state index < -0.39 is 33.6 Å². The Labute approximate surface area is 195 Å². The van der Waals surface area contributed by atoms with Gasteiger partial charge in [-0.2, -0.15) is 8.42 Å². The van der Waals surface area contributed by atoms with Crippen molar-refractivity contribution in [1.82, 2.24) is 14.5 Å². The second kappa shape index (κ2) is 10.2. The summed E-state index contributed by atoms with van der Waals surface area (Å²) in [6, 6.07) is 5.62. The van der Waals surface area contributed by atoms with E-state index in [0.717, 1.165) is 12.1 Å². The highest BCUT2D eigenvalue weighted by Crippen LogP contribution is 2.29. The molecule has 2 N–H and O–H groups in total. The molecule has 0 radical (unpaired) electrons. The molecule has 0 fully saturated rings. The minimum absolute atomic E-state index is 0.0563. The summed E-state index contributed by atoms with van der Waals surface area (Å²) in [5, 5.41) is -0.274. The quantitative estimate of drug-likeness (QED) is 0.452. The monoisotopic (exact) mass is 494 g/mol. The van der Waals surface area contributed by atoms with E-state index in [-0.39, 0.29) is 36.2 Å². The molecule has 3 rings (SSSR count). The molecule has 9 nitrogen and oxygen atoms in total. The van der Waals surface area contributed by atoms with Crippen molar-refractivity contribution in [1.29, 1.82) is 0 Å². The van der Waals surface area contributed by atoms with Gasteiger partial charge in [-0.3, -0.25) is 4.98 Å². The van der Waals surface area contributed by atoms with Crippen molar-refractivity contribution in [2.75, 3.05) is 6.61 Å². The Hall–Kier alpha value is -3.54. The number of rotatable bonds is 9. The van der Waals surface area contributed by atoms with Crippen LogP contribution in [0, 0.1) is 18.6 Å². The van der Waals surface area contributed by atoms with Crippen LogP contribution in [-0.2, 0) is 27.8 Å². The first-order chi connectivity index (χ1) is 16.0. The largest absolute Gasteiger partial charge is 0.449 e. The molecule has 0 aliphatic heterocycles. The van der Waals surface area contributed by atoms with Gasteiger partial charge in [0.2, 0.25) is 0 Å². The van der Waals surface area contributed by atoms with Crippen LogP contribution in [0.25, 0.3) is 0 Å². The maximum absolute atomic E-state index is 13.6. The Morgan fingerprint density at radius 1 is 1.21 bits per heavy atom. The summed E-state index contributed by atoms with van der Waals surface area (Å²) < 4.78 is 65.4. The van der Waals surface area contributed by atoms with Gasteiger partial charge in [0.1, 0.15) is 29.8 Å². The molecule has 182 valence electrons. The number of amides is 1. The summed E-state index contributed by atoms with van der Waals surface area (Å²) in [4.78, 5) is 19.7. The number of nitrogens with two attached hydrogens (primary N) is 1. The number of carbonyl (C=O) groups is 1. The number of aromatic nitrogens is 3. The lowest BCUT2D eigenvalue weighted by Crippen LogP contribution is -2.20. The van der Waals surface area contributed by atoms with Crippen molar-refractivity contribution in [2.45, 2.75) is 44.7 Å². The number of ether oxygens (including phenoxy) is 1. The van der Waals surface area contributed by atoms with Crippen LogP contribution in [0.1, 0.15) is 42.5 Å². The Kier molecular flexibility index (Phi) is 7.50. The predicted molar refractivity (Wildman–Crippen MR) is 118 cm³/mol. The number of benzene rings is 1. The molecular weight excluding hydrogens is 470 g/mol. The van der Waals surface area contributed by atoms with E-state index in [1.807, 2.05) is 0 Å². The molecule has 0 bridgehead atoms. The van der Waals surface area contributed by atoms with Gasteiger partial charge >= 0.3 is 16.2 Å². The summed E-state index contributed by atoms with van der Waals surface area (Å²) in [6.07, 6.45) is 0.689. The number of imidazole rings is 1. The first kappa shape index (κ1) is 25.1. The van der Waals surface area contributed by atoms with E-state index in [1.54, 1.807) is 39.1 Å². The molecule has 2 aromatic heterocycles. The molecule has 1 amide bonds. The van der Waals surface area contributed by atoms with Crippen LogP contribution in [-0.4, -0.2) is 35.7 Å². The van der Waals surface area contributed by atoms with E-state index in [4.69, 9.17) is 14.7 Å². The maximum Gasteiger partial charge on any atom is 0.404 e. The number of carbonyl (C=O) groups excluding carboxylic acids is 1. The van der Waals surface area contributed by atoms with Gasteiger partial charge in [-0.25, -0.2) is 18.6 Å². The Bertz CT molecular complexity index is 1290. The van der Waals surface area contributed by atoms with Crippen LogP contribution in [0.5, 0.6) is 5.75 Å². The predicted octanol–water partition coefficient (Wildman–Crippen LogP) is 3.44. The molecule has 0 aliphatic carbocycles. The third-order valence-corrected chi connectivity index (χ3v) is 6.18. The second-order valence-corrected chi connectivity index (χ2v) is 9.23. The maximum atomic E-state index is 13.6. The normalized spacial score (nSPS) is 11.6. The summed E-state index contributed by atoms with van der Waals surface area (Å²) in [5.41, 5.74) is 6.59. The highest BCUT2D eigenvalue weighted by molar-refractivity contribution is 7.87. The van der Waals surface area contributed by atoms with Crippen LogP contribution < -0.4 is 9.92 Å². The molecule has 3 aromatic rings. The zero-order chi connectivity index (χ0) is 25.0. The summed E-state index contributed by atoms with van der Waals surface area (Å²) in [5.74, 6) is -2.56. The summed E-state index contributed by atoms with van der Waals surface area (Å²) in [7, 11) is -4.59. The van der Waals surface area contributed by atoms with Crippen molar-refractivity contribution in [3.63, 3.8) is 0 Å². The fourth-order valence-corrected chi connectivity index (χ4v) is 4.74. The molecule has 0 saturated heterocycles. The third-order valence-electron chi connectivity index (χ3n) is 4.87. The van der Waals surface area contributed by atoms with Crippen molar-refractivity contribution >= 4 is 16.2 Å². The standard InChI is InChI=1S/C22H24F2N4O5S/c1-13(2)20-21(34(30,31)33-18-10-16(23)9-17(24)11-18)28(12-15-5-4-7-26-14(15)3)19(27-20)6-8-32-22(25)29/h4-5,7,9-11,13H,6,8,12H2,1-3H3,(H2,25,29). The molecule has 1 aromatic carbocycles. The lowest BCUT2D eigenvalue weighted by Gasteiger charge is -2.15. The zero-order valence-electron chi connectivity index (χ0n) is 18.8. The van der Waals surface area contributed by atoms with E-state index in [9.17, 15) is 22.0 Å². The summed E-state index contributed by atoms with van der Waals surface area (Å²) >= 11 is 0. The van der Waals surface area contributed by atoms with Crippen molar-refractivity contribution in [3.05, 3.63) is 70.9 Å². The van der Waals surface area contributed by atoms with Crippen LogP contribution in [0.4, 0.5) is 13.6 Å². The van der Waals surface area contributed by atoms with E-state index >= 15 is 0 Å². The van der Waals surface area contributed by atoms with Crippen LogP contribution in [0.15, 0.2) is 41.6 Å². The van der Waals surface area contributed by atoms with E-state index in [2.05, 4.69) is 9.97 Å². The zero-order valence-corrected chi connectivity index (χ0v) is 19.6. The molecular formula is C22H24F2N4O5S. The van der Waals surface area contributed by atoms with Gasteiger partial charge in [0, 0.05) is 36.5 Å². The third kappa shape index (κ3) is 5.87. The smallest absolute Gasteiger partial charge is 0.404 e. The minimum atomic E-state index is -4.59. The van der Waals surface area contributed by atoms with Crippen molar-refractivity contribution < 1.29 is 30.9 Å². The number of nitrogens with zero attached hydrogens (tertiary/aromatic N) is 3. The second-order valence-electron chi connectivity index (χ2n) is 7.77. The number of hydrogen-bond acceptors (Lipinski definition) is 7. The van der Waals surface area contributed by atoms with Crippen LogP contribution >= 0.6 is 0 Å². The van der Waals surface area contributed by atoms with Gasteiger partial charge in [0.05, 0.1) is 12.2 Å². The topological polar surface area (TPSA) is 126 Å². The first-order valence-electron chi connectivity index (χ1n) is 10.3. The van der Waals surface area contributed by atoms with Gasteiger partial charge < -0.3 is 19.2 Å².